The molecule has 0 aromatic heterocycles. The van der Waals surface area contributed by atoms with Gasteiger partial charge in [-0.3, -0.25) is 9.59 Å². The molecule has 1 heterocycles. The van der Waals surface area contributed by atoms with Gasteiger partial charge in [-0.05, 0) is 31.9 Å². The minimum Gasteiger partial charge on any atom is -0.481 e. The summed E-state index contributed by atoms with van der Waals surface area (Å²) in [7, 11) is 0. The van der Waals surface area contributed by atoms with Crippen molar-refractivity contribution in [3.05, 3.63) is 34.9 Å². The summed E-state index contributed by atoms with van der Waals surface area (Å²) in [6.45, 7) is 6.40. The van der Waals surface area contributed by atoms with Gasteiger partial charge in [0.05, 0.1) is 12.0 Å². The molecule has 19 heavy (non-hydrogen) atoms. The van der Waals surface area contributed by atoms with Gasteiger partial charge >= 0.3 is 5.97 Å². The van der Waals surface area contributed by atoms with E-state index in [0.717, 1.165) is 16.7 Å². The number of carboxylic acids is 1. The van der Waals surface area contributed by atoms with Crippen molar-refractivity contribution in [1.82, 2.24) is 4.90 Å². The molecular weight excluding hydrogens is 242 g/mol. The van der Waals surface area contributed by atoms with E-state index in [2.05, 4.69) is 0 Å². The molecule has 2 atom stereocenters. The quantitative estimate of drug-likeness (QED) is 0.908. The van der Waals surface area contributed by atoms with Gasteiger partial charge in [0.1, 0.15) is 0 Å². The van der Waals surface area contributed by atoms with Gasteiger partial charge in [0.25, 0.3) is 0 Å². The average Bonchev–Trinajstić information content (AvgIpc) is 2.66. The van der Waals surface area contributed by atoms with Gasteiger partial charge in [-0.1, -0.05) is 23.8 Å². The van der Waals surface area contributed by atoms with Crippen LogP contribution < -0.4 is 0 Å². The number of aryl methyl sites for hydroxylation is 2. The first-order valence-corrected chi connectivity index (χ1v) is 6.55. The van der Waals surface area contributed by atoms with Crippen LogP contribution in [0.4, 0.5) is 0 Å². The molecule has 2 rings (SSSR count). The summed E-state index contributed by atoms with van der Waals surface area (Å²) >= 11 is 0. The van der Waals surface area contributed by atoms with Crippen LogP contribution in [0.15, 0.2) is 18.2 Å². The number of rotatable bonds is 3. The molecule has 0 spiro atoms. The summed E-state index contributed by atoms with van der Waals surface area (Å²) in [4.78, 5) is 25.0. The molecule has 4 heteroatoms. The Bertz CT molecular complexity index is 524. The fraction of sp³-hybridized carbons (Fsp3) is 0.467. The second kappa shape index (κ2) is 5.03. The molecule has 1 aliphatic rings. The topological polar surface area (TPSA) is 57.6 Å². The molecule has 1 aliphatic heterocycles. The number of likely N-dealkylation sites (tertiary alicyclic amines) is 1. The number of carboxylic acid groups (broad SMARTS) is 1. The lowest BCUT2D eigenvalue weighted by Gasteiger charge is -2.27. The molecule has 0 aliphatic carbocycles. The van der Waals surface area contributed by atoms with Gasteiger partial charge < -0.3 is 10.0 Å². The Morgan fingerprint density at radius 1 is 1.42 bits per heavy atom. The van der Waals surface area contributed by atoms with Gasteiger partial charge in [-0.2, -0.15) is 0 Å². The number of benzene rings is 1. The maximum Gasteiger partial charge on any atom is 0.309 e. The van der Waals surface area contributed by atoms with E-state index in [-0.39, 0.29) is 18.4 Å². The normalized spacial score (nSPS) is 22.9. The summed E-state index contributed by atoms with van der Waals surface area (Å²) in [6, 6.07) is 5.62. The molecule has 0 saturated carbocycles. The zero-order valence-corrected chi connectivity index (χ0v) is 11.5. The van der Waals surface area contributed by atoms with Crippen molar-refractivity contribution < 1.29 is 14.7 Å². The van der Waals surface area contributed by atoms with E-state index in [4.69, 9.17) is 0 Å². The van der Waals surface area contributed by atoms with E-state index < -0.39 is 11.9 Å². The van der Waals surface area contributed by atoms with Crippen LogP contribution in [0.5, 0.6) is 0 Å². The highest BCUT2D eigenvalue weighted by Gasteiger charge is 2.44. The Kier molecular flexibility index (Phi) is 3.60. The maximum absolute atomic E-state index is 11.9. The number of amides is 1. The van der Waals surface area contributed by atoms with Gasteiger partial charge in [-0.25, -0.2) is 0 Å². The fourth-order valence-electron chi connectivity index (χ4n) is 2.93. The van der Waals surface area contributed by atoms with Crippen molar-refractivity contribution in [2.45, 2.75) is 33.2 Å². The number of aliphatic carboxylic acids is 1. The summed E-state index contributed by atoms with van der Waals surface area (Å²) in [5.74, 6) is -1.61. The van der Waals surface area contributed by atoms with Crippen molar-refractivity contribution >= 4 is 11.9 Å². The van der Waals surface area contributed by atoms with E-state index in [1.807, 2.05) is 39.0 Å². The molecule has 1 fully saturated rings. The summed E-state index contributed by atoms with van der Waals surface area (Å²) < 4.78 is 0. The van der Waals surface area contributed by atoms with Crippen LogP contribution in [0.25, 0.3) is 0 Å². The second-order valence-electron chi connectivity index (χ2n) is 5.13. The lowest BCUT2D eigenvalue weighted by atomic mass is 9.90. The van der Waals surface area contributed by atoms with Crippen LogP contribution in [0.3, 0.4) is 0 Å². The number of hydrogen-bond acceptors (Lipinski definition) is 2. The molecule has 1 saturated heterocycles. The molecule has 0 bridgehead atoms. The van der Waals surface area contributed by atoms with E-state index in [0.29, 0.717) is 6.54 Å². The third kappa shape index (κ3) is 2.35. The van der Waals surface area contributed by atoms with E-state index in [1.54, 1.807) is 4.90 Å². The van der Waals surface area contributed by atoms with E-state index >= 15 is 0 Å². The number of carbonyl (C=O) groups is 2. The highest BCUT2D eigenvalue weighted by atomic mass is 16.4. The van der Waals surface area contributed by atoms with Crippen LogP contribution in [0, 0.1) is 19.8 Å². The molecule has 1 N–H and O–H groups in total. The summed E-state index contributed by atoms with van der Waals surface area (Å²) in [5.41, 5.74) is 3.13. The SMILES string of the molecule is CCN1C(=O)CC(C(=O)O)C1c1ccc(C)cc1C. The first-order chi connectivity index (χ1) is 8.95. The highest BCUT2D eigenvalue weighted by molar-refractivity contribution is 5.87. The van der Waals surface area contributed by atoms with Crippen LogP contribution in [0.1, 0.15) is 36.1 Å². The Hall–Kier alpha value is -1.84. The zero-order chi connectivity index (χ0) is 14.2. The minimum absolute atomic E-state index is 0.0696. The molecule has 1 aromatic rings. The average molecular weight is 261 g/mol. The monoisotopic (exact) mass is 261 g/mol. The lowest BCUT2D eigenvalue weighted by molar-refractivity contribution is -0.142. The summed E-state index contributed by atoms with van der Waals surface area (Å²) in [5, 5.41) is 9.34. The van der Waals surface area contributed by atoms with Crippen LogP contribution in [-0.4, -0.2) is 28.4 Å². The zero-order valence-electron chi connectivity index (χ0n) is 11.5. The predicted octanol–water partition coefficient (Wildman–Crippen LogP) is 2.30. The highest BCUT2D eigenvalue weighted by Crippen LogP contribution is 2.39. The smallest absolute Gasteiger partial charge is 0.309 e. The van der Waals surface area contributed by atoms with Gasteiger partial charge in [0.2, 0.25) is 5.91 Å². The molecule has 4 nitrogen and oxygen atoms in total. The Morgan fingerprint density at radius 3 is 2.63 bits per heavy atom. The van der Waals surface area contributed by atoms with Crippen molar-refractivity contribution in [1.29, 1.82) is 0 Å². The van der Waals surface area contributed by atoms with Crippen molar-refractivity contribution in [2.24, 2.45) is 5.92 Å². The third-order valence-corrected chi connectivity index (χ3v) is 3.83. The number of carbonyl (C=O) groups excluding carboxylic acids is 1. The Balaban J connectivity index is 2.48. The van der Waals surface area contributed by atoms with Crippen LogP contribution in [-0.2, 0) is 9.59 Å². The van der Waals surface area contributed by atoms with Crippen LogP contribution >= 0.6 is 0 Å². The number of nitrogens with zero attached hydrogens (tertiary/aromatic N) is 1. The first kappa shape index (κ1) is 13.6. The van der Waals surface area contributed by atoms with E-state index in [1.165, 1.54) is 0 Å². The molecule has 1 aromatic carbocycles. The summed E-state index contributed by atoms with van der Waals surface area (Å²) in [6.07, 6.45) is 0.0984. The predicted molar refractivity (Wildman–Crippen MR) is 71.8 cm³/mol. The van der Waals surface area contributed by atoms with Gasteiger partial charge in [-0.15, -0.1) is 0 Å². The first-order valence-electron chi connectivity index (χ1n) is 6.55. The van der Waals surface area contributed by atoms with Gasteiger partial charge in [0.15, 0.2) is 0 Å². The Morgan fingerprint density at radius 2 is 2.11 bits per heavy atom. The van der Waals surface area contributed by atoms with Crippen LogP contribution in [0.2, 0.25) is 0 Å². The minimum atomic E-state index is -0.894. The maximum atomic E-state index is 11.9. The number of hydrogen-bond donors (Lipinski definition) is 1. The molecule has 2 unspecified atom stereocenters. The standard InChI is InChI=1S/C15H19NO3/c1-4-16-13(17)8-12(15(18)19)14(16)11-6-5-9(2)7-10(11)3/h5-7,12,14H,4,8H2,1-3H3,(H,18,19). The second-order valence-corrected chi connectivity index (χ2v) is 5.13. The fourth-order valence-corrected chi connectivity index (χ4v) is 2.93. The molecule has 102 valence electrons. The lowest BCUT2D eigenvalue weighted by Crippen LogP contribution is -2.30. The van der Waals surface area contributed by atoms with Crippen molar-refractivity contribution in [2.75, 3.05) is 6.54 Å². The largest absolute Gasteiger partial charge is 0.481 e. The van der Waals surface area contributed by atoms with Crippen molar-refractivity contribution in [3.8, 4) is 0 Å². The molecular formula is C15H19NO3. The van der Waals surface area contributed by atoms with Gasteiger partial charge in [0, 0.05) is 13.0 Å². The molecule has 0 radical (unpaired) electrons. The van der Waals surface area contributed by atoms with Crippen molar-refractivity contribution in [3.63, 3.8) is 0 Å². The molecule has 1 amide bonds. The Labute approximate surface area is 113 Å². The third-order valence-electron chi connectivity index (χ3n) is 3.83. The van der Waals surface area contributed by atoms with E-state index in [9.17, 15) is 14.7 Å².